The fourth-order valence-corrected chi connectivity index (χ4v) is 3.56. The first-order chi connectivity index (χ1) is 11.1. The van der Waals surface area contributed by atoms with E-state index >= 15 is 0 Å². The van der Waals surface area contributed by atoms with Gasteiger partial charge in [0.1, 0.15) is 6.04 Å². The van der Waals surface area contributed by atoms with Gasteiger partial charge in [-0.05, 0) is 18.4 Å². The number of amides is 2. The minimum Gasteiger partial charge on any atom is -0.341 e. The van der Waals surface area contributed by atoms with E-state index in [1.165, 1.54) is 5.56 Å². The molecule has 0 saturated carbocycles. The Hall–Kier alpha value is -1.88. The van der Waals surface area contributed by atoms with Gasteiger partial charge in [0.25, 0.3) is 0 Å². The molecule has 23 heavy (non-hydrogen) atoms. The molecule has 1 atom stereocenters. The summed E-state index contributed by atoms with van der Waals surface area (Å²) in [6, 6.07) is 9.96. The normalized spacial score (nSPS) is 22.4. The zero-order chi connectivity index (χ0) is 16.2. The topological polar surface area (TPSA) is 43.9 Å². The van der Waals surface area contributed by atoms with Crippen molar-refractivity contribution < 1.29 is 9.59 Å². The molecule has 0 spiro atoms. The third-order valence-corrected chi connectivity index (χ3v) is 4.82. The highest BCUT2D eigenvalue weighted by atomic mass is 16.2. The Bertz CT molecular complexity index is 555. The van der Waals surface area contributed by atoms with Crippen molar-refractivity contribution >= 4 is 11.8 Å². The second-order valence-corrected chi connectivity index (χ2v) is 6.48. The number of piperazine rings is 1. The zero-order valence-electron chi connectivity index (χ0n) is 13.8. The van der Waals surface area contributed by atoms with Gasteiger partial charge in [-0.2, -0.15) is 0 Å². The average Bonchev–Trinajstić information content (AvgIpc) is 3.09. The summed E-state index contributed by atoms with van der Waals surface area (Å²) in [6.45, 7) is 6.14. The smallest absolute Gasteiger partial charge is 0.246 e. The lowest BCUT2D eigenvalue weighted by molar-refractivity contribution is -0.147. The number of nitrogens with zero attached hydrogens (tertiary/aromatic N) is 3. The Kier molecular flexibility index (Phi) is 4.96. The lowest BCUT2D eigenvalue weighted by Crippen LogP contribution is -2.60. The van der Waals surface area contributed by atoms with Crippen LogP contribution in [0.2, 0.25) is 0 Å². The summed E-state index contributed by atoms with van der Waals surface area (Å²) in [5.74, 6) is 0.123. The number of hydrogen-bond donors (Lipinski definition) is 0. The Balaban J connectivity index is 1.70. The van der Waals surface area contributed by atoms with Gasteiger partial charge in [-0.1, -0.05) is 30.3 Å². The van der Waals surface area contributed by atoms with Crippen LogP contribution in [0.25, 0.3) is 0 Å². The lowest BCUT2D eigenvalue weighted by Gasteiger charge is -2.41. The minimum absolute atomic E-state index is 0.00177. The number of hydrogen-bond acceptors (Lipinski definition) is 3. The molecule has 124 valence electrons. The predicted molar refractivity (Wildman–Crippen MR) is 88.7 cm³/mol. The van der Waals surface area contributed by atoms with Crippen molar-refractivity contribution in [2.24, 2.45) is 0 Å². The van der Waals surface area contributed by atoms with Gasteiger partial charge < -0.3 is 9.80 Å². The summed E-state index contributed by atoms with van der Waals surface area (Å²) in [5.41, 5.74) is 1.25. The van der Waals surface area contributed by atoms with Gasteiger partial charge in [0.15, 0.2) is 0 Å². The predicted octanol–water partition coefficient (Wildman–Crippen LogP) is 1.34. The molecule has 0 radical (unpaired) electrons. The van der Waals surface area contributed by atoms with Crippen molar-refractivity contribution in [1.29, 1.82) is 0 Å². The molecule has 5 nitrogen and oxygen atoms in total. The molecule has 5 heteroatoms. The van der Waals surface area contributed by atoms with Gasteiger partial charge in [0, 0.05) is 46.2 Å². The molecule has 0 N–H and O–H groups in total. The van der Waals surface area contributed by atoms with E-state index in [0.29, 0.717) is 13.1 Å². The molecule has 2 aliphatic rings. The van der Waals surface area contributed by atoms with Crippen LogP contribution in [0.3, 0.4) is 0 Å². The van der Waals surface area contributed by atoms with Crippen molar-refractivity contribution in [3.63, 3.8) is 0 Å². The summed E-state index contributed by atoms with van der Waals surface area (Å²) < 4.78 is 0. The maximum Gasteiger partial charge on any atom is 0.246 e. The quantitative estimate of drug-likeness (QED) is 0.845. The fraction of sp³-hybridized carbons (Fsp3) is 0.556. The Labute approximate surface area is 137 Å². The van der Waals surface area contributed by atoms with E-state index in [-0.39, 0.29) is 17.9 Å². The van der Waals surface area contributed by atoms with Crippen LogP contribution in [0.15, 0.2) is 30.3 Å². The highest BCUT2D eigenvalue weighted by molar-refractivity contribution is 5.87. The lowest BCUT2D eigenvalue weighted by atomic mass is 10.1. The maximum absolute atomic E-state index is 12.8. The van der Waals surface area contributed by atoms with E-state index in [4.69, 9.17) is 0 Å². The number of benzene rings is 1. The van der Waals surface area contributed by atoms with Crippen molar-refractivity contribution in [3.05, 3.63) is 35.9 Å². The molecule has 2 heterocycles. The van der Waals surface area contributed by atoms with E-state index in [1.807, 2.05) is 23.1 Å². The number of carbonyl (C=O) groups excluding carboxylic acids is 2. The molecule has 1 aromatic carbocycles. The molecule has 2 saturated heterocycles. The first-order valence-electron chi connectivity index (χ1n) is 8.47. The third kappa shape index (κ3) is 3.72. The maximum atomic E-state index is 12.8. The van der Waals surface area contributed by atoms with Crippen LogP contribution in [-0.4, -0.2) is 65.3 Å². The minimum atomic E-state index is -0.330. The van der Waals surface area contributed by atoms with Crippen LogP contribution < -0.4 is 0 Å². The first kappa shape index (κ1) is 16.0. The second kappa shape index (κ2) is 7.13. The van der Waals surface area contributed by atoms with E-state index < -0.39 is 0 Å². The average molecular weight is 315 g/mol. The molecule has 1 aromatic rings. The standard InChI is InChI=1S/C18H25N3O2/c1-15(22)21-12-11-19(13-16-7-3-2-4-8-16)14-17(21)18(23)20-9-5-6-10-20/h2-4,7-8,17H,5-6,9-14H2,1H3. The highest BCUT2D eigenvalue weighted by Crippen LogP contribution is 2.18. The van der Waals surface area contributed by atoms with Crippen LogP contribution in [-0.2, 0) is 16.1 Å². The summed E-state index contributed by atoms with van der Waals surface area (Å²) in [4.78, 5) is 30.7. The molecule has 2 aliphatic heterocycles. The molecule has 0 bridgehead atoms. The fourth-order valence-electron chi connectivity index (χ4n) is 3.56. The molecular formula is C18H25N3O2. The summed E-state index contributed by atoms with van der Waals surface area (Å²) in [7, 11) is 0. The third-order valence-electron chi connectivity index (χ3n) is 4.82. The second-order valence-electron chi connectivity index (χ2n) is 6.48. The molecular weight excluding hydrogens is 290 g/mol. The van der Waals surface area contributed by atoms with Gasteiger partial charge in [0.2, 0.25) is 11.8 Å². The van der Waals surface area contributed by atoms with Crippen LogP contribution in [0, 0.1) is 0 Å². The monoisotopic (exact) mass is 315 g/mol. The molecule has 2 fully saturated rings. The molecule has 3 rings (SSSR count). The summed E-state index contributed by atoms with van der Waals surface area (Å²) in [5, 5.41) is 0. The summed E-state index contributed by atoms with van der Waals surface area (Å²) >= 11 is 0. The number of rotatable bonds is 3. The highest BCUT2D eigenvalue weighted by Gasteiger charge is 2.36. The molecule has 1 unspecified atom stereocenters. The number of likely N-dealkylation sites (tertiary alicyclic amines) is 1. The van der Waals surface area contributed by atoms with Gasteiger partial charge in [-0.25, -0.2) is 0 Å². The largest absolute Gasteiger partial charge is 0.341 e. The summed E-state index contributed by atoms with van der Waals surface area (Å²) in [6.07, 6.45) is 2.15. The van der Waals surface area contributed by atoms with Crippen LogP contribution in [0.5, 0.6) is 0 Å². The Morgan fingerprint density at radius 1 is 1.04 bits per heavy atom. The van der Waals surface area contributed by atoms with E-state index in [1.54, 1.807) is 11.8 Å². The Morgan fingerprint density at radius 2 is 1.74 bits per heavy atom. The van der Waals surface area contributed by atoms with Gasteiger partial charge in [0.05, 0.1) is 0 Å². The zero-order valence-corrected chi connectivity index (χ0v) is 13.8. The van der Waals surface area contributed by atoms with E-state index in [2.05, 4.69) is 17.0 Å². The Morgan fingerprint density at radius 3 is 2.39 bits per heavy atom. The molecule has 0 aliphatic carbocycles. The van der Waals surface area contributed by atoms with Crippen molar-refractivity contribution in [1.82, 2.24) is 14.7 Å². The van der Waals surface area contributed by atoms with Crippen LogP contribution in [0.1, 0.15) is 25.3 Å². The molecule has 2 amide bonds. The first-order valence-corrected chi connectivity index (χ1v) is 8.47. The van der Waals surface area contributed by atoms with Crippen molar-refractivity contribution in [2.75, 3.05) is 32.7 Å². The van der Waals surface area contributed by atoms with Crippen molar-refractivity contribution in [2.45, 2.75) is 32.4 Å². The van der Waals surface area contributed by atoms with Crippen LogP contribution in [0.4, 0.5) is 0 Å². The van der Waals surface area contributed by atoms with Gasteiger partial charge in [-0.3, -0.25) is 14.5 Å². The van der Waals surface area contributed by atoms with Gasteiger partial charge in [-0.15, -0.1) is 0 Å². The van der Waals surface area contributed by atoms with E-state index in [0.717, 1.165) is 39.0 Å². The molecule has 0 aromatic heterocycles. The van der Waals surface area contributed by atoms with Gasteiger partial charge >= 0.3 is 0 Å². The number of carbonyl (C=O) groups is 2. The SMILES string of the molecule is CC(=O)N1CCN(Cc2ccccc2)CC1C(=O)N1CCCC1. The van der Waals surface area contributed by atoms with Crippen LogP contribution >= 0.6 is 0 Å². The van der Waals surface area contributed by atoms with Crippen molar-refractivity contribution in [3.8, 4) is 0 Å². The van der Waals surface area contributed by atoms with E-state index in [9.17, 15) is 9.59 Å².